The third-order valence-electron chi connectivity index (χ3n) is 4.87. The number of carbonyl (C=O) groups is 1. The molecule has 1 aromatic rings. The molecule has 0 unspecified atom stereocenters. The zero-order valence-electron chi connectivity index (χ0n) is 13.7. The summed E-state index contributed by atoms with van der Waals surface area (Å²) in [4.78, 5) is 12.2. The number of rotatable bonds is 5. The Bertz CT molecular complexity index is 694. The number of sulfone groups is 1. The summed E-state index contributed by atoms with van der Waals surface area (Å²) in [5, 5.41) is 10.6. The van der Waals surface area contributed by atoms with Crippen molar-refractivity contribution in [2.24, 2.45) is 13.0 Å². The van der Waals surface area contributed by atoms with Gasteiger partial charge in [-0.2, -0.15) is 0 Å². The van der Waals surface area contributed by atoms with E-state index in [2.05, 4.69) is 22.4 Å². The van der Waals surface area contributed by atoms with E-state index in [9.17, 15) is 13.2 Å². The molecule has 0 aromatic carbocycles. The molecule has 0 spiro atoms. The minimum absolute atomic E-state index is 0.0768. The summed E-state index contributed by atoms with van der Waals surface area (Å²) >= 11 is 0. The van der Waals surface area contributed by atoms with Gasteiger partial charge in [0.1, 0.15) is 11.6 Å². The first-order valence-corrected chi connectivity index (χ1v) is 9.95. The molecule has 7 nitrogen and oxygen atoms in total. The Morgan fingerprint density at radius 2 is 1.91 bits per heavy atom. The number of amides is 1. The van der Waals surface area contributed by atoms with E-state index in [1.54, 1.807) is 7.05 Å². The zero-order chi connectivity index (χ0) is 16.6. The molecule has 2 saturated carbocycles. The standard InChI is InChI=1S/C15H24N4O3S/c1-10-5-3-4-6-12(10)16-13(20)9-23(21,22)15-18-17-14(19(15)2)11-7-8-11/h10-12H,3-9H2,1-2H3,(H,16,20)/t10-,12-/m0/s1. The third-order valence-corrected chi connectivity index (χ3v) is 6.42. The van der Waals surface area contributed by atoms with Crippen molar-refractivity contribution in [1.29, 1.82) is 0 Å². The summed E-state index contributed by atoms with van der Waals surface area (Å²) < 4.78 is 26.4. The molecule has 0 aliphatic heterocycles. The Hall–Kier alpha value is -1.44. The number of nitrogens with one attached hydrogen (secondary N) is 1. The average molecular weight is 340 g/mol. The van der Waals surface area contributed by atoms with Gasteiger partial charge in [0, 0.05) is 19.0 Å². The average Bonchev–Trinajstić information content (AvgIpc) is 3.23. The highest BCUT2D eigenvalue weighted by Gasteiger charge is 2.33. The van der Waals surface area contributed by atoms with Gasteiger partial charge >= 0.3 is 0 Å². The van der Waals surface area contributed by atoms with Crippen LogP contribution in [0.5, 0.6) is 0 Å². The van der Waals surface area contributed by atoms with Crippen LogP contribution in [0, 0.1) is 5.92 Å². The van der Waals surface area contributed by atoms with Gasteiger partial charge in [0.05, 0.1) is 0 Å². The second-order valence-corrected chi connectivity index (χ2v) is 8.75. The van der Waals surface area contributed by atoms with Gasteiger partial charge in [-0.25, -0.2) is 8.42 Å². The summed E-state index contributed by atoms with van der Waals surface area (Å²) in [6.07, 6.45) is 6.29. The summed E-state index contributed by atoms with van der Waals surface area (Å²) in [5.41, 5.74) is 0. The van der Waals surface area contributed by atoms with Crippen molar-refractivity contribution >= 4 is 15.7 Å². The van der Waals surface area contributed by atoms with Crippen molar-refractivity contribution in [3.8, 4) is 0 Å². The second kappa shape index (κ2) is 6.22. The largest absolute Gasteiger partial charge is 0.352 e. The minimum Gasteiger partial charge on any atom is -0.352 e. The van der Waals surface area contributed by atoms with Gasteiger partial charge in [-0.3, -0.25) is 4.79 Å². The van der Waals surface area contributed by atoms with E-state index in [0.717, 1.165) is 32.1 Å². The van der Waals surface area contributed by atoms with Crippen LogP contribution >= 0.6 is 0 Å². The maximum absolute atomic E-state index is 12.5. The first-order chi connectivity index (χ1) is 10.9. The van der Waals surface area contributed by atoms with E-state index in [1.165, 1.54) is 11.0 Å². The molecule has 0 radical (unpaired) electrons. The monoisotopic (exact) mass is 340 g/mol. The molecule has 3 rings (SSSR count). The quantitative estimate of drug-likeness (QED) is 0.868. The fourth-order valence-electron chi connectivity index (χ4n) is 3.31. The van der Waals surface area contributed by atoms with Gasteiger partial charge in [-0.05, 0) is 31.6 Å². The van der Waals surface area contributed by atoms with Gasteiger partial charge in [0.2, 0.25) is 20.9 Å². The van der Waals surface area contributed by atoms with Crippen LogP contribution in [-0.4, -0.2) is 40.9 Å². The maximum Gasteiger partial charge on any atom is 0.250 e. The molecule has 2 fully saturated rings. The lowest BCUT2D eigenvalue weighted by Gasteiger charge is -2.29. The molecular formula is C15H24N4O3S. The predicted molar refractivity (Wildman–Crippen MR) is 84.6 cm³/mol. The highest BCUT2D eigenvalue weighted by molar-refractivity contribution is 7.91. The topological polar surface area (TPSA) is 93.9 Å². The molecule has 1 N–H and O–H groups in total. The Kier molecular flexibility index (Phi) is 4.44. The van der Waals surface area contributed by atoms with E-state index in [0.29, 0.717) is 17.7 Å². The minimum atomic E-state index is -3.77. The summed E-state index contributed by atoms with van der Waals surface area (Å²) in [7, 11) is -2.11. The predicted octanol–water partition coefficient (Wildman–Crippen LogP) is 1.16. The van der Waals surface area contributed by atoms with Crippen LogP contribution in [0.15, 0.2) is 5.16 Å². The number of hydrogen-bond donors (Lipinski definition) is 1. The van der Waals surface area contributed by atoms with Crippen molar-refractivity contribution < 1.29 is 13.2 Å². The zero-order valence-corrected chi connectivity index (χ0v) is 14.5. The molecule has 2 aliphatic carbocycles. The SMILES string of the molecule is C[C@H]1CCCC[C@@H]1NC(=O)CS(=O)(=O)c1nnc(C2CC2)n1C. The lowest BCUT2D eigenvalue weighted by atomic mass is 9.86. The molecule has 0 bridgehead atoms. The first kappa shape index (κ1) is 16.4. The molecule has 23 heavy (non-hydrogen) atoms. The molecular weight excluding hydrogens is 316 g/mol. The van der Waals surface area contributed by atoms with E-state index in [1.807, 2.05) is 0 Å². The summed E-state index contributed by atoms with van der Waals surface area (Å²) in [6.45, 7) is 2.10. The number of nitrogens with zero attached hydrogens (tertiary/aromatic N) is 3. The molecule has 8 heteroatoms. The Labute approximate surface area is 136 Å². The van der Waals surface area contributed by atoms with Crippen LogP contribution in [0.3, 0.4) is 0 Å². The molecule has 2 aliphatic rings. The van der Waals surface area contributed by atoms with Crippen molar-refractivity contribution in [3.05, 3.63) is 5.82 Å². The smallest absolute Gasteiger partial charge is 0.250 e. The van der Waals surface area contributed by atoms with Crippen LogP contribution in [0.2, 0.25) is 0 Å². The van der Waals surface area contributed by atoms with Gasteiger partial charge in [0.15, 0.2) is 0 Å². The molecule has 1 heterocycles. The van der Waals surface area contributed by atoms with Crippen LogP contribution < -0.4 is 5.32 Å². The molecule has 2 atom stereocenters. The van der Waals surface area contributed by atoms with Gasteiger partial charge < -0.3 is 9.88 Å². The second-order valence-electron chi connectivity index (χ2n) is 6.87. The fourth-order valence-corrected chi connectivity index (χ4v) is 4.54. The number of aromatic nitrogens is 3. The van der Waals surface area contributed by atoms with E-state index in [4.69, 9.17) is 0 Å². The van der Waals surface area contributed by atoms with Crippen molar-refractivity contribution in [3.63, 3.8) is 0 Å². The Morgan fingerprint density at radius 3 is 2.57 bits per heavy atom. The highest BCUT2D eigenvalue weighted by atomic mass is 32.2. The van der Waals surface area contributed by atoms with Crippen molar-refractivity contribution in [1.82, 2.24) is 20.1 Å². The van der Waals surface area contributed by atoms with E-state index < -0.39 is 21.5 Å². The Balaban J connectivity index is 1.67. The van der Waals surface area contributed by atoms with Crippen molar-refractivity contribution in [2.45, 2.75) is 62.6 Å². The molecule has 0 saturated heterocycles. The van der Waals surface area contributed by atoms with E-state index in [-0.39, 0.29) is 11.2 Å². The van der Waals surface area contributed by atoms with Crippen LogP contribution in [0.25, 0.3) is 0 Å². The highest BCUT2D eigenvalue weighted by Crippen LogP contribution is 2.39. The molecule has 1 aromatic heterocycles. The fraction of sp³-hybridized carbons (Fsp3) is 0.800. The lowest BCUT2D eigenvalue weighted by molar-refractivity contribution is -0.119. The summed E-state index contributed by atoms with van der Waals surface area (Å²) in [5.74, 6) is 0.400. The normalized spacial score (nSPS) is 25.3. The van der Waals surface area contributed by atoms with Gasteiger partial charge in [-0.15, -0.1) is 10.2 Å². The summed E-state index contributed by atoms with van der Waals surface area (Å²) in [6, 6.07) is 0.0768. The Morgan fingerprint density at radius 1 is 1.22 bits per heavy atom. The third kappa shape index (κ3) is 3.57. The van der Waals surface area contributed by atoms with Crippen molar-refractivity contribution in [2.75, 3.05) is 5.75 Å². The van der Waals surface area contributed by atoms with Crippen LogP contribution in [0.1, 0.15) is 57.2 Å². The van der Waals surface area contributed by atoms with Crippen LogP contribution in [-0.2, 0) is 21.7 Å². The number of carbonyl (C=O) groups excluding carboxylic acids is 1. The van der Waals surface area contributed by atoms with Gasteiger partial charge in [-0.1, -0.05) is 19.8 Å². The van der Waals surface area contributed by atoms with Gasteiger partial charge in [0.25, 0.3) is 0 Å². The first-order valence-electron chi connectivity index (χ1n) is 8.30. The molecule has 1 amide bonds. The number of hydrogen-bond acceptors (Lipinski definition) is 5. The lowest BCUT2D eigenvalue weighted by Crippen LogP contribution is -2.43. The van der Waals surface area contributed by atoms with E-state index >= 15 is 0 Å². The molecule has 128 valence electrons. The van der Waals surface area contributed by atoms with Crippen LogP contribution in [0.4, 0.5) is 0 Å². The maximum atomic E-state index is 12.5.